The normalized spacial score (nSPS) is 18.2. The predicted octanol–water partition coefficient (Wildman–Crippen LogP) is 3.23. The average Bonchev–Trinajstić information content (AvgIpc) is 3.03. The van der Waals surface area contributed by atoms with Crippen LogP contribution in [0.4, 0.5) is 0 Å². The maximum atomic E-state index is 10.5. The highest BCUT2D eigenvalue weighted by Gasteiger charge is 2.27. The molecule has 23 heavy (non-hydrogen) atoms. The lowest BCUT2D eigenvalue weighted by molar-refractivity contribution is 0.0538. The molecule has 6 heteroatoms. The van der Waals surface area contributed by atoms with Gasteiger partial charge in [-0.15, -0.1) is 0 Å². The second-order valence-corrected chi connectivity index (χ2v) is 6.50. The van der Waals surface area contributed by atoms with E-state index >= 15 is 0 Å². The maximum absolute atomic E-state index is 10.5. The van der Waals surface area contributed by atoms with Crippen LogP contribution in [0.25, 0.3) is 0 Å². The van der Waals surface area contributed by atoms with Gasteiger partial charge < -0.3 is 9.63 Å². The van der Waals surface area contributed by atoms with Gasteiger partial charge in [0.25, 0.3) is 0 Å². The summed E-state index contributed by atoms with van der Waals surface area (Å²) in [5, 5.41) is 15.2. The summed E-state index contributed by atoms with van der Waals surface area (Å²) in [6, 6.07) is 7.47. The molecule has 1 fully saturated rings. The summed E-state index contributed by atoms with van der Waals surface area (Å²) >= 11 is 5.90. The summed E-state index contributed by atoms with van der Waals surface area (Å²) in [5.41, 5.74) is 0.942. The number of hydrogen-bond acceptors (Lipinski definition) is 5. The van der Waals surface area contributed by atoms with E-state index in [2.05, 4.69) is 15.0 Å². The van der Waals surface area contributed by atoms with Crippen molar-refractivity contribution in [3.05, 3.63) is 46.6 Å². The fourth-order valence-electron chi connectivity index (χ4n) is 3.05. The Kier molecular flexibility index (Phi) is 5.30. The second kappa shape index (κ2) is 7.43. The number of rotatable bonds is 5. The van der Waals surface area contributed by atoms with Crippen LogP contribution in [0.3, 0.4) is 0 Å². The summed E-state index contributed by atoms with van der Waals surface area (Å²) in [5.74, 6) is 1.72. The molecular weight excluding hydrogens is 314 g/mol. The molecule has 1 aliphatic rings. The fourth-order valence-corrected chi connectivity index (χ4v) is 3.17. The third kappa shape index (κ3) is 4.10. The Morgan fingerprint density at radius 1 is 1.30 bits per heavy atom. The third-order valence-electron chi connectivity index (χ3n) is 4.48. The van der Waals surface area contributed by atoms with E-state index in [-0.39, 0.29) is 5.92 Å². The number of halogens is 1. The van der Waals surface area contributed by atoms with Crippen molar-refractivity contribution >= 4 is 11.6 Å². The second-order valence-electron chi connectivity index (χ2n) is 6.07. The molecule has 1 N–H and O–H groups in total. The molecule has 0 bridgehead atoms. The number of piperidine rings is 1. The molecule has 3 rings (SSSR count). The van der Waals surface area contributed by atoms with E-state index in [1.807, 2.05) is 31.2 Å². The molecule has 0 amide bonds. The van der Waals surface area contributed by atoms with Crippen LogP contribution in [0.5, 0.6) is 0 Å². The Balaban J connectivity index is 1.52. The summed E-state index contributed by atoms with van der Waals surface area (Å²) in [7, 11) is 0. The minimum atomic E-state index is -0.426. The van der Waals surface area contributed by atoms with Gasteiger partial charge >= 0.3 is 0 Å². The molecule has 2 aromatic rings. The number of aryl methyl sites for hydroxylation is 1. The third-order valence-corrected chi connectivity index (χ3v) is 4.73. The lowest BCUT2D eigenvalue weighted by atomic mass is 9.87. The minimum absolute atomic E-state index is 0.279. The number of nitrogens with zero attached hydrogens (tertiary/aromatic N) is 3. The smallest absolute Gasteiger partial charge is 0.240 e. The van der Waals surface area contributed by atoms with Crippen LogP contribution in [0.2, 0.25) is 5.02 Å². The highest BCUT2D eigenvalue weighted by atomic mass is 35.5. The number of aliphatic hydroxyl groups excluding tert-OH is 1. The average molecular weight is 336 g/mol. The van der Waals surface area contributed by atoms with Crippen LogP contribution in [0.1, 0.15) is 43.1 Å². The van der Waals surface area contributed by atoms with Crippen molar-refractivity contribution in [2.45, 2.75) is 38.8 Å². The molecule has 1 aliphatic heterocycles. The maximum Gasteiger partial charge on any atom is 0.240 e. The molecule has 2 heterocycles. The first-order chi connectivity index (χ1) is 11.2. The van der Waals surface area contributed by atoms with E-state index in [1.54, 1.807) is 0 Å². The summed E-state index contributed by atoms with van der Waals surface area (Å²) in [6.45, 7) is 4.56. The fraction of sp³-hybridized carbons (Fsp3) is 0.529. The Bertz CT molecular complexity index is 621. The van der Waals surface area contributed by atoms with E-state index in [0.717, 1.165) is 43.7 Å². The zero-order valence-corrected chi connectivity index (χ0v) is 14.0. The van der Waals surface area contributed by atoms with E-state index in [4.69, 9.17) is 16.1 Å². The Hall–Kier alpha value is -1.43. The zero-order valence-electron chi connectivity index (χ0n) is 13.3. The van der Waals surface area contributed by atoms with E-state index in [9.17, 15) is 5.11 Å². The lowest BCUT2D eigenvalue weighted by Gasteiger charge is -2.33. The van der Waals surface area contributed by atoms with Gasteiger partial charge in [-0.05, 0) is 49.5 Å². The van der Waals surface area contributed by atoms with E-state index < -0.39 is 6.10 Å². The lowest BCUT2D eigenvalue weighted by Crippen LogP contribution is -2.35. The molecule has 1 aromatic carbocycles. The van der Waals surface area contributed by atoms with Gasteiger partial charge in [-0.2, -0.15) is 4.98 Å². The zero-order chi connectivity index (χ0) is 16.2. The monoisotopic (exact) mass is 335 g/mol. The van der Waals surface area contributed by atoms with E-state index in [1.165, 1.54) is 0 Å². The number of aliphatic hydroxyl groups is 1. The minimum Gasteiger partial charge on any atom is -0.388 e. The van der Waals surface area contributed by atoms with Crippen LogP contribution in [-0.4, -0.2) is 33.2 Å². The molecule has 0 spiro atoms. The summed E-state index contributed by atoms with van der Waals surface area (Å²) in [4.78, 5) is 6.66. The van der Waals surface area contributed by atoms with Gasteiger partial charge in [0.2, 0.25) is 5.89 Å². The quantitative estimate of drug-likeness (QED) is 0.908. The van der Waals surface area contributed by atoms with Crippen molar-refractivity contribution in [1.29, 1.82) is 0 Å². The number of hydrogen-bond donors (Lipinski definition) is 1. The van der Waals surface area contributed by atoms with Crippen molar-refractivity contribution in [2.24, 2.45) is 5.92 Å². The number of benzene rings is 1. The van der Waals surface area contributed by atoms with Crippen molar-refractivity contribution in [1.82, 2.24) is 15.0 Å². The molecule has 0 radical (unpaired) electrons. The van der Waals surface area contributed by atoms with Crippen molar-refractivity contribution in [2.75, 3.05) is 13.1 Å². The van der Waals surface area contributed by atoms with Gasteiger partial charge in [-0.3, -0.25) is 4.90 Å². The first-order valence-corrected chi connectivity index (χ1v) is 8.51. The van der Waals surface area contributed by atoms with Crippen LogP contribution < -0.4 is 0 Å². The van der Waals surface area contributed by atoms with Gasteiger partial charge in [0.05, 0.1) is 12.6 Å². The van der Waals surface area contributed by atoms with Crippen LogP contribution >= 0.6 is 11.6 Å². The molecule has 5 nitrogen and oxygen atoms in total. The van der Waals surface area contributed by atoms with Crippen LogP contribution in [0.15, 0.2) is 28.8 Å². The van der Waals surface area contributed by atoms with Crippen LogP contribution in [0, 0.1) is 5.92 Å². The molecule has 0 aliphatic carbocycles. The van der Waals surface area contributed by atoms with Gasteiger partial charge in [0, 0.05) is 11.4 Å². The molecular formula is C17H22ClN3O2. The van der Waals surface area contributed by atoms with Crippen molar-refractivity contribution < 1.29 is 9.63 Å². The molecule has 124 valence electrons. The molecule has 1 saturated heterocycles. The number of likely N-dealkylation sites (tertiary alicyclic amines) is 1. The van der Waals surface area contributed by atoms with E-state index in [0.29, 0.717) is 17.5 Å². The van der Waals surface area contributed by atoms with Gasteiger partial charge in [-0.25, -0.2) is 0 Å². The van der Waals surface area contributed by atoms with Crippen molar-refractivity contribution in [3.8, 4) is 0 Å². The molecule has 1 atom stereocenters. The largest absolute Gasteiger partial charge is 0.388 e. The van der Waals surface area contributed by atoms with Gasteiger partial charge in [0.15, 0.2) is 5.82 Å². The number of aromatic nitrogens is 2. The summed E-state index contributed by atoms with van der Waals surface area (Å²) in [6.07, 6.45) is 2.28. The van der Waals surface area contributed by atoms with Gasteiger partial charge in [-0.1, -0.05) is 35.8 Å². The Morgan fingerprint density at radius 3 is 2.61 bits per heavy atom. The molecule has 1 unspecified atom stereocenters. The van der Waals surface area contributed by atoms with Crippen molar-refractivity contribution in [3.63, 3.8) is 0 Å². The van der Waals surface area contributed by atoms with Crippen LogP contribution in [-0.2, 0) is 13.0 Å². The predicted molar refractivity (Wildman–Crippen MR) is 88.1 cm³/mol. The SMILES string of the molecule is CCc1noc(CN2CCC(C(O)c3ccc(Cl)cc3)CC2)n1. The Labute approximate surface area is 141 Å². The molecule has 0 saturated carbocycles. The summed E-state index contributed by atoms with van der Waals surface area (Å²) < 4.78 is 5.25. The Morgan fingerprint density at radius 2 is 2.00 bits per heavy atom. The highest BCUT2D eigenvalue weighted by molar-refractivity contribution is 6.30. The molecule has 1 aromatic heterocycles. The topological polar surface area (TPSA) is 62.4 Å². The van der Waals surface area contributed by atoms with Gasteiger partial charge in [0.1, 0.15) is 0 Å². The first-order valence-electron chi connectivity index (χ1n) is 8.13. The first kappa shape index (κ1) is 16.4. The highest BCUT2D eigenvalue weighted by Crippen LogP contribution is 2.31. The standard InChI is InChI=1S/C17H22ClN3O2/c1-2-15-19-16(23-20-15)11-21-9-7-13(8-10-21)17(22)12-3-5-14(18)6-4-12/h3-6,13,17,22H,2,7-11H2,1H3.